The molecular weight excluding hydrogens is 212 g/mol. The summed E-state index contributed by atoms with van der Waals surface area (Å²) in [5, 5.41) is 0. The number of amides is 2. The largest absolute Gasteiger partial charge is 0.377 e. The lowest BCUT2D eigenvalue weighted by Crippen LogP contribution is -2.54. The van der Waals surface area contributed by atoms with Gasteiger partial charge in [-0.15, -0.1) is 0 Å². The predicted octanol–water partition coefficient (Wildman–Crippen LogP) is -0.932. The second-order valence-electron chi connectivity index (χ2n) is 3.78. The number of carbonyl (C=O) groups is 3. The Morgan fingerprint density at radius 2 is 2.06 bits per heavy atom. The number of hydrogen-bond donors (Lipinski definition) is 1. The SMILES string of the molecule is CC(=O)CCC(=O)N1CCOCC1C(N)=O. The van der Waals surface area contributed by atoms with E-state index >= 15 is 0 Å². The van der Waals surface area contributed by atoms with Crippen LogP contribution in [0.1, 0.15) is 19.8 Å². The average molecular weight is 228 g/mol. The lowest BCUT2D eigenvalue weighted by Gasteiger charge is -2.33. The Balaban J connectivity index is 2.57. The van der Waals surface area contributed by atoms with Crippen LogP contribution in [-0.4, -0.2) is 48.3 Å². The van der Waals surface area contributed by atoms with Crippen molar-refractivity contribution in [3.8, 4) is 0 Å². The highest BCUT2D eigenvalue weighted by Gasteiger charge is 2.30. The monoisotopic (exact) mass is 228 g/mol. The van der Waals surface area contributed by atoms with Gasteiger partial charge in [-0.1, -0.05) is 0 Å². The summed E-state index contributed by atoms with van der Waals surface area (Å²) in [7, 11) is 0. The molecule has 0 aromatic heterocycles. The normalized spacial score (nSPS) is 20.6. The Labute approximate surface area is 93.7 Å². The zero-order chi connectivity index (χ0) is 12.1. The topological polar surface area (TPSA) is 89.7 Å². The van der Waals surface area contributed by atoms with Crippen molar-refractivity contribution >= 4 is 17.6 Å². The van der Waals surface area contributed by atoms with Crippen LogP contribution in [-0.2, 0) is 19.1 Å². The average Bonchev–Trinajstić information content (AvgIpc) is 2.25. The van der Waals surface area contributed by atoms with Gasteiger partial charge in [-0.3, -0.25) is 9.59 Å². The van der Waals surface area contributed by atoms with E-state index < -0.39 is 11.9 Å². The van der Waals surface area contributed by atoms with E-state index in [1.807, 2.05) is 0 Å². The predicted molar refractivity (Wildman–Crippen MR) is 55.4 cm³/mol. The van der Waals surface area contributed by atoms with Crippen LogP contribution < -0.4 is 5.73 Å². The van der Waals surface area contributed by atoms with Gasteiger partial charge in [-0.05, 0) is 6.92 Å². The molecule has 0 aromatic rings. The zero-order valence-electron chi connectivity index (χ0n) is 9.27. The quantitative estimate of drug-likeness (QED) is 0.673. The minimum absolute atomic E-state index is 0.0442. The van der Waals surface area contributed by atoms with Gasteiger partial charge in [0, 0.05) is 19.4 Å². The van der Waals surface area contributed by atoms with Crippen LogP contribution in [0.3, 0.4) is 0 Å². The molecule has 16 heavy (non-hydrogen) atoms. The van der Waals surface area contributed by atoms with Gasteiger partial charge in [0.1, 0.15) is 11.8 Å². The van der Waals surface area contributed by atoms with E-state index in [0.29, 0.717) is 13.2 Å². The third-order valence-corrected chi connectivity index (χ3v) is 2.47. The van der Waals surface area contributed by atoms with Gasteiger partial charge >= 0.3 is 0 Å². The maximum absolute atomic E-state index is 11.7. The summed E-state index contributed by atoms with van der Waals surface area (Å²) < 4.78 is 5.09. The number of ether oxygens (including phenoxy) is 1. The lowest BCUT2D eigenvalue weighted by molar-refractivity contribution is -0.147. The molecule has 0 saturated carbocycles. The molecule has 2 N–H and O–H groups in total. The number of Topliss-reactive ketones (excluding diaryl/α,β-unsaturated/α-hetero) is 1. The molecule has 1 aliphatic heterocycles. The van der Waals surface area contributed by atoms with Crippen LogP contribution in [0, 0.1) is 0 Å². The fraction of sp³-hybridized carbons (Fsp3) is 0.700. The summed E-state index contributed by atoms with van der Waals surface area (Å²) in [6.45, 7) is 2.32. The molecule has 6 heteroatoms. The summed E-state index contributed by atoms with van der Waals surface area (Å²) in [5.74, 6) is -0.838. The third-order valence-electron chi connectivity index (χ3n) is 2.47. The van der Waals surface area contributed by atoms with Crippen LogP contribution in [0.4, 0.5) is 0 Å². The molecule has 1 heterocycles. The minimum Gasteiger partial charge on any atom is -0.377 e. The number of nitrogens with zero attached hydrogens (tertiary/aromatic N) is 1. The second-order valence-corrected chi connectivity index (χ2v) is 3.78. The molecule has 1 fully saturated rings. The first-order valence-electron chi connectivity index (χ1n) is 5.18. The summed E-state index contributed by atoms with van der Waals surface area (Å²) >= 11 is 0. The molecule has 0 aliphatic carbocycles. The number of carbonyl (C=O) groups excluding carboxylic acids is 3. The van der Waals surface area contributed by atoms with Crippen molar-refractivity contribution in [3.05, 3.63) is 0 Å². The van der Waals surface area contributed by atoms with Gasteiger partial charge in [0.2, 0.25) is 11.8 Å². The highest BCUT2D eigenvalue weighted by atomic mass is 16.5. The molecule has 1 unspecified atom stereocenters. The van der Waals surface area contributed by atoms with Crippen LogP contribution in [0.2, 0.25) is 0 Å². The molecular formula is C10H16N2O4. The molecule has 1 aliphatic rings. The number of nitrogens with two attached hydrogens (primary N) is 1. The van der Waals surface area contributed by atoms with E-state index in [-0.39, 0.29) is 31.1 Å². The summed E-state index contributed by atoms with van der Waals surface area (Å²) in [6, 6.07) is -0.701. The fourth-order valence-corrected chi connectivity index (χ4v) is 1.56. The number of rotatable bonds is 4. The Kier molecular flexibility index (Phi) is 4.42. The maximum Gasteiger partial charge on any atom is 0.242 e. The summed E-state index contributed by atoms with van der Waals surface area (Å²) in [5.41, 5.74) is 5.17. The van der Waals surface area contributed by atoms with E-state index in [1.54, 1.807) is 0 Å². The van der Waals surface area contributed by atoms with Gasteiger partial charge in [0.25, 0.3) is 0 Å². The van der Waals surface area contributed by atoms with Crippen molar-refractivity contribution in [2.75, 3.05) is 19.8 Å². The number of primary amides is 1. The Morgan fingerprint density at radius 1 is 1.38 bits per heavy atom. The third kappa shape index (κ3) is 3.30. The first kappa shape index (κ1) is 12.6. The van der Waals surface area contributed by atoms with Crippen molar-refractivity contribution in [2.45, 2.75) is 25.8 Å². The molecule has 6 nitrogen and oxygen atoms in total. The molecule has 0 bridgehead atoms. The van der Waals surface area contributed by atoms with Gasteiger partial charge < -0.3 is 20.2 Å². The second kappa shape index (κ2) is 5.60. The molecule has 90 valence electrons. The Bertz CT molecular complexity index is 303. The molecule has 1 saturated heterocycles. The van der Waals surface area contributed by atoms with Crippen molar-refractivity contribution in [3.63, 3.8) is 0 Å². The highest BCUT2D eigenvalue weighted by molar-refractivity contribution is 5.88. The lowest BCUT2D eigenvalue weighted by atomic mass is 10.1. The maximum atomic E-state index is 11.7. The zero-order valence-corrected chi connectivity index (χ0v) is 9.27. The van der Waals surface area contributed by atoms with E-state index in [4.69, 9.17) is 10.5 Å². The van der Waals surface area contributed by atoms with E-state index in [1.165, 1.54) is 11.8 Å². The smallest absolute Gasteiger partial charge is 0.242 e. The van der Waals surface area contributed by atoms with Crippen LogP contribution in [0.5, 0.6) is 0 Å². The molecule has 0 spiro atoms. The summed E-state index contributed by atoms with van der Waals surface area (Å²) in [6.07, 6.45) is 0.320. The van der Waals surface area contributed by atoms with Gasteiger partial charge in [0.05, 0.1) is 13.2 Å². The standard InChI is InChI=1S/C10H16N2O4/c1-7(13)2-3-9(14)12-4-5-16-6-8(12)10(11)15/h8H,2-6H2,1H3,(H2,11,15). The van der Waals surface area contributed by atoms with Crippen LogP contribution in [0.15, 0.2) is 0 Å². The number of hydrogen-bond acceptors (Lipinski definition) is 4. The number of morpholine rings is 1. The van der Waals surface area contributed by atoms with E-state index in [9.17, 15) is 14.4 Å². The van der Waals surface area contributed by atoms with Gasteiger partial charge in [-0.2, -0.15) is 0 Å². The Morgan fingerprint density at radius 3 is 2.62 bits per heavy atom. The van der Waals surface area contributed by atoms with Crippen molar-refractivity contribution < 1.29 is 19.1 Å². The van der Waals surface area contributed by atoms with E-state index in [0.717, 1.165) is 0 Å². The van der Waals surface area contributed by atoms with Gasteiger partial charge in [0.15, 0.2) is 0 Å². The first-order chi connectivity index (χ1) is 7.52. The highest BCUT2D eigenvalue weighted by Crippen LogP contribution is 2.09. The van der Waals surface area contributed by atoms with Crippen molar-refractivity contribution in [2.24, 2.45) is 5.73 Å². The summed E-state index contributed by atoms with van der Waals surface area (Å²) in [4.78, 5) is 35.0. The number of ketones is 1. The van der Waals surface area contributed by atoms with Gasteiger partial charge in [-0.25, -0.2) is 0 Å². The molecule has 0 aromatic carbocycles. The van der Waals surface area contributed by atoms with Crippen molar-refractivity contribution in [1.29, 1.82) is 0 Å². The fourth-order valence-electron chi connectivity index (χ4n) is 1.56. The molecule has 1 atom stereocenters. The minimum atomic E-state index is -0.701. The molecule has 0 radical (unpaired) electrons. The Hall–Kier alpha value is -1.43. The molecule has 2 amide bonds. The van der Waals surface area contributed by atoms with Crippen molar-refractivity contribution in [1.82, 2.24) is 4.90 Å². The molecule has 1 rings (SSSR count). The van der Waals surface area contributed by atoms with Crippen LogP contribution in [0.25, 0.3) is 0 Å². The van der Waals surface area contributed by atoms with Crippen LogP contribution >= 0.6 is 0 Å². The first-order valence-corrected chi connectivity index (χ1v) is 5.18. The van der Waals surface area contributed by atoms with E-state index in [2.05, 4.69) is 0 Å².